The Morgan fingerprint density at radius 1 is 1.20 bits per heavy atom. The first-order chi connectivity index (χ1) is 14.5. The van der Waals surface area contributed by atoms with Gasteiger partial charge in [0.05, 0.1) is 42.7 Å². The van der Waals surface area contributed by atoms with Gasteiger partial charge in [0.1, 0.15) is 6.54 Å². The summed E-state index contributed by atoms with van der Waals surface area (Å²) in [5, 5.41) is 11.4. The summed E-state index contributed by atoms with van der Waals surface area (Å²) in [6.07, 6.45) is 2.88. The van der Waals surface area contributed by atoms with Crippen molar-refractivity contribution in [3.05, 3.63) is 69.3 Å². The molecule has 0 spiro atoms. The molecule has 0 radical (unpaired) electrons. The second-order valence-electron chi connectivity index (χ2n) is 7.53. The molecule has 1 fully saturated rings. The minimum atomic E-state index is -0.486. The van der Waals surface area contributed by atoms with Crippen LogP contribution in [0.25, 0.3) is 6.08 Å². The van der Waals surface area contributed by atoms with Crippen molar-refractivity contribution in [1.82, 2.24) is 4.90 Å². The number of carbonyl (C=O) groups excluding carboxylic acids is 1. The average molecular weight is 410 g/mol. The number of ether oxygens (including phenoxy) is 2. The maximum absolute atomic E-state index is 12.6. The molecule has 1 N–H and O–H groups in total. The van der Waals surface area contributed by atoms with E-state index in [2.05, 4.69) is 25.1 Å². The molecule has 2 aromatic carbocycles. The molecule has 0 aromatic heterocycles. The molecule has 1 amide bonds. The molecule has 0 aliphatic carbocycles. The number of aryl methyl sites for hydroxylation is 1. The van der Waals surface area contributed by atoms with Crippen LogP contribution < -0.4 is 14.4 Å². The molecule has 30 heavy (non-hydrogen) atoms. The van der Waals surface area contributed by atoms with Crippen molar-refractivity contribution in [2.75, 3.05) is 33.0 Å². The van der Waals surface area contributed by atoms with Gasteiger partial charge in [-0.05, 0) is 24.6 Å². The third kappa shape index (κ3) is 4.28. The number of piperazine rings is 1. The Morgan fingerprint density at radius 3 is 2.60 bits per heavy atom. The fourth-order valence-corrected chi connectivity index (χ4v) is 3.80. The number of carbonyl (C=O) groups is 1. The van der Waals surface area contributed by atoms with Gasteiger partial charge in [-0.1, -0.05) is 24.3 Å². The van der Waals surface area contributed by atoms with Gasteiger partial charge in [-0.3, -0.25) is 14.9 Å². The number of nitro benzene ring substituents is 1. The summed E-state index contributed by atoms with van der Waals surface area (Å²) in [5.74, 6) is 0.649. The van der Waals surface area contributed by atoms with Crippen LogP contribution in [0.15, 0.2) is 42.5 Å². The lowest BCUT2D eigenvalue weighted by Gasteiger charge is -2.32. The van der Waals surface area contributed by atoms with E-state index < -0.39 is 4.92 Å². The SMILES string of the molecule is Cc1ccccc1C[NH+]1CCN(C(=O)/C=C/c2cc3c(cc2[N+](=O)[O-])OCO3)CC1. The Morgan fingerprint density at radius 2 is 1.90 bits per heavy atom. The fourth-order valence-electron chi connectivity index (χ4n) is 3.80. The van der Waals surface area contributed by atoms with E-state index in [9.17, 15) is 14.9 Å². The van der Waals surface area contributed by atoms with E-state index in [-0.39, 0.29) is 18.4 Å². The molecule has 2 aliphatic rings. The van der Waals surface area contributed by atoms with Gasteiger partial charge in [0, 0.05) is 11.6 Å². The second kappa shape index (κ2) is 8.54. The number of nitro groups is 1. The zero-order chi connectivity index (χ0) is 21.1. The number of benzene rings is 2. The molecular weight excluding hydrogens is 386 g/mol. The zero-order valence-corrected chi connectivity index (χ0v) is 16.8. The predicted octanol–water partition coefficient (Wildman–Crippen LogP) is 1.57. The van der Waals surface area contributed by atoms with Crippen LogP contribution in [-0.2, 0) is 11.3 Å². The van der Waals surface area contributed by atoms with Gasteiger partial charge in [0.2, 0.25) is 12.7 Å². The maximum Gasteiger partial charge on any atom is 0.280 e. The average Bonchev–Trinajstić information content (AvgIpc) is 3.21. The maximum atomic E-state index is 12.6. The van der Waals surface area contributed by atoms with Crippen molar-refractivity contribution in [3.8, 4) is 11.5 Å². The molecule has 8 heteroatoms. The molecule has 2 aromatic rings. The number of nitrogens with one attached hydrogen (secondary N) is 1. The minimum absolute atomic E-state index is 0.0354. The summed E-state index contributed by atoms with van der Waals surface area (Å²) in [6, 6.07) is 11.2. The molecule has 0 saturated carbocycles. The van der Waals surface area contributed by atoms with E-state index >= 15 is 0 Å². The van der Waals surface area contributed by atoms with Crippen LogP contribution in [0.3, 0.4) is 0 Å². The van der Waals surface area contributed by atoms with Gasteiger partial charge < -0.3 is 19.3 Å². The monoisotopic (exact) mass is 410 g/mol. The van der Waals surface area contributed by atoms with E-state index in [0.29, 0.717) is 30.2 Å². The zero-order valence-electron chi connectivity index (χ0n) is 16.8. The first-order valence-corrected chi connectivity index (χ1v) is 9.94. The van der Waals surface area contributed by atoms with E-state index in [1.165, 1.54) is 40.3 Å². The second-order valence-corrected chi connectivity index (χ2v) is 7.53. The van der Waals surface area contributed by atoms with Gasteiger partial charge in [0.15, 0.2) is 11.5 Å². The van der Waals surface area contributed by atoms with Crippen LogP contribution >= 0.6 is 0 Å². The normalized spacial score (nSPS) is 16.2. The third-order valence-electron chi connectivity index (χ3n) is 5.61. The number of rotatable bonds is 5. The highest BCUT2D eigenvalue weighted by atomic mass is 16.7. The molecule has 0 unspecified atom stereocenters. The summed E-state index contributed by atoms with van der Waals surface area (Å²) in [6.45, 7) is 6.17. The van der Waals surface area contributed by atoms with Crippen molar-refractivity contribution in [2.45, 2.75) is 13.5 Å². The molecule has 2 heterocycles. The van der Waals surface area contributed by atoms with E-state index in [1.54, 1.807) is 4.90 Å². The summed E-state index contributed by atoms with van der Waals surface area (Å²) in [4.78, 5) is 26.7. The van der Waals surface area contributed by atoms with Crippen molar-refractivity contribution in [1.29, 1.82) is 0 Å². The first kappa shape index (κ1) is 19.9. The number of hydrogen-bond acceptors (Lipinski definition) is 5. The molecule has 2 aliphatic heterocycles. The van der Waals surface area contributed by atoms with Crippen LogP contribution in [0.1, 0.15) is 16.7 Å². The van der Waals surface area contributed by atoms with Gasteiger partial charge in [-0.2, -0.15) is 0 Å². The van der Waals surface area contributed by atoms with Gasteiger partial charge >= 0.3 is 0 Å². The number of quaternary nitrogens is 1. The highest BCUT2D eigenvalue weighted by Crippen LogP contribution is 2.38. The lowest BCUT2D eigenvalue weighted by Crippen LogP contribution is -3.13. The Hall–Kier alpha value is -3.39. The first-order valence-electron chi connectivity index (χ1n) is 9.94. The number of fused-ring (bicyclic) bond motifs is 1. The van der Waals surface area contributed by atoms with Gasteiger partial charge in [-0.25, -0.2) is 0 Å². The van der Waals surface area contributed by atoms with E-state index in [0.717, 1.165) is 19.6 Å². The highest BCUT2D eigenvalue weighted by molar-refractivity contribution is 5.92. The van der Waals surface area contributed by atoms with E-state index in [4.69, 9.17) is 9.47 Å². The largest absolute Gasteiger partial charge is 0.454 e. The molecule has 0 atom stereocenters. The Kier molecular flexibility index (Phi) is 5.67. The smallest absolute Gasteiger partial charge is 0.280 e. The van der Waals surface area contributed by atoms with Crippen molar-refractivity contribution >= 4 is 17.7 Å². The van der Waals surface area contributed by atoms with Crippen molar-refractivity contribution < 1.29 is 24.1 Å². The highest BCUT2D eigenvalue weighted by Gasteiger charge is 2.24. The van der Waals surface area contributed by atoms with Crippen molar-refractivity contribution in [3.63, 3.8) is 0 Å². The molecule has 0 bridgehead atoms. The number of nitrogens with zero attached hydrogens (tertiary/aromatic N) is 2. The third-order valence-corrected chi connectivity index (χ3v) is 5.61. The standard InChI is InChI=1S/C22H23N3O5/c1-16-4-2-3-5-18(16)14-23-8-10-24(11-9-23)22(26)7-6-17-12-20-21(30-15-29-20)13-19(17)25(27)28/h2-7,12-13H,8-11,14-15H2,1H3/p+1/b7-6+. The van der Waals surface area contributed by atoms with E-state index in [1.807, 2.05) is 6.07 Å². The topological polar surface area (TPSA) is 86.4 Å². The summed E-state index contributed by atoms with van der Waals surface area (Å²) in [7, 11) is 0. The predicted molar refractivity (Wildman–Crippen MR) is 110 cm³/mol. The summed E-state index contributed by atoms with van der Waals surface area (Å²) >= 11 is 0. The Labute approximate surface area is 174 Å². The van der Waals surface area contributed by atoms with Crippen LogP contribution in [0, 0.1) is 17.0 Å². The summed E-state index contributed by atoms with van der Waals surface area (Å²) < 4.78 is 10.5. The van der Waals surface area contributed by atoms with Gasteiger partial charge in [0.25, 0.3) is 5.69 Å². The number of amides is 1. The number of hydrogen-bond donors (Lipinski definition) is 1. The van der Waals surface area contributed by atoms with Crippen LogP contribution in [0.4, 0.5) is 5.69 Å². The summed E-state index contributed by atoms with van der Waals surface area (Å²) in [5.41, 5.74) is 2.83. The van der Waals surface area contributed by atoms with Crippen LogP contribution in [0.5, 0.6) is 11.5 Å². The Balaban J connectivity index is 1.38. The Bertz CT molecular complexity index is 996. The molecule has 8 nitrogen and oxygen atoms in total. The van der Waals surface area contributed by atoms with Gasteiger partial charge in [-0.15, -0.1) is 0 Å². The molecule has 1 saturated heterocycles. The molecular formula is C22H24N3O5+. The van der Waals surface area contributed by atoms with Crippen LogP contribution in [0.2, 0.25) is 0 Å². The molecule has 156 valence electrons. The van der Waals surface area contributed by atoms with Crippen LogP contribution in [-0.4, -0.2) is 48.7 Å². The quantitative estimate of drug-likeness (QED) is 0.459. The fraction of sp³-hybridized carbons (Fsp3) is 0.318. The minimum Gasteiger partial charge on any atom is -0.454 e. The molecule has 4 rings (SSSR count). The van der Waals surface area contributed by atoms with Crippen molar-refractivity contribution in [2.24, 2.45) is 0 Å². The lowest BCUT2D eigenvalue weighted by molar-refractivity contribution is -0.917. The lowest BCUT2D eigenvalue weighted by atomic mass is 10.1.